The third kappa shape index (κ3) is 6.65. The van der Waals surface area contributed by atoms with E-state index in [1.165, 1.54) is 0 Å². The third-order valence-corrected chi connectivity index (χ3v) is 3.46. The number of amides is 1. The lowest BCUT2D eigenvalue weighted by atomic mass is 10.2. The van der Waals surface area contributed by atoms with Crippen molar-refractivity contribution in [2.75, 3.05) is 24.8 Å². The average Bonchev–Trinajstić information content (AvgIpc) is 2.35. The Labute approximate surface area is 129 Å². The molecule has 0 fully saturated rings. The number of hydrogen-bond donors (Lipinski definition) is 2. The molecule has 0 radical (unpaired) electrons. The van der Waals surface area contributed by atoms with Gasteiger partial charge in [-0.05, 0) is 18.2 Å². The summed E-state index contributed by atoms with van der Waals surface area (Å²) >= 11 is 0. The number of halogens is 3. The van der Waals surface area contributed by atoms with E-state index in [-0.39, 0.29) is 10.6 Å². The Hall–Kier alpha value is -2.14. The highest BCUT2D eigenvalue weighted by Gasteiger charge is 2.27. The summed E-state index contributed by atoms with van der Waals surface area (Å²) in [5.41, 5.74) is -0.592. The molecule has 0 atom stereocenters. The number of nitrogens with one attached hydrogen (secondary N) is 1. The van der Waals surface area contributed by atoms with E-state index < -0.39 is 46.7 Å². The zero-order valence-electron chi connectivity index (χ0n) is 11.7. The summed E-state index contributed by atoms with van der Waals surface area (Å²) in [6.07, 6.45) is -3.75. The van der Waals surface area contributed by atoms with Gasteiger partial charge < -0.3 is 15.2 Å². The molecule has 23 heavy (non-hydrogen) atoms. The Balaban J connectivity index is 2.89. The fraction of sp³-hybridized carbons (Fsp3) is 0.333. The SMILES string of the molecule is CS(=O)(=O)c1cc(NC(=O)COCC(F)(F)F)cc(C(=O)O)c1. The lowest BCUT2D eigenvalue weighted by Gasteiger charge is -2.10. The number of alkyl halides is 3. The van der Waals surface area contributed by atoms with Crippen molar-refractivity contribution >= 4 is 27.4 Å². The first-order valence-electron chi connectivity index (χ1n) is 5.91. The number of ether oxygens (including phenoxy) is 1. The van der Waals surface area contributed by atoms with Crippen LogP contribution in [0.15, 0.2) is 23.1 Å². The van der Waals surface area contributed by atoms with Crippen LogP contribution in [-0.2, 0) is 19.4 Å². The molecule has 0 aromatic heterocycles. The van der Waals surface area contributed by atoms with Crippen molar-refractivity contribution in [3.63, 3.8) is 0 Å². The number of aromatic carboxylic acids is 1. The first-order valence-corrected chi connectivity index (χ1v) is 7.80. The molecule has 2 N–H and O–H groups in total. The third-order valence-electron chi connectivity index (χ3n) is 2.36. The normalized spacial score (nSPS) is 12.0. The van der Waals surface area contributed by atoms with Gasteiger partial charge in [-0.1, -0.05) is 0 Å². The fourth-order valence-electron chi connectivity index (χ4n) is 1.47. The Morgan fingerprint density at radius 2 is 1.87 bits per heavy atom. The summed E-state index contributed by atoms with van der Waals surface area (Å²) in [4.78, 5) is 22.0. The van der Waals surface area contributed by atoms with Crippen LogP contribution in [-0.4, -0.2) is 51.0 Å². The van der Waals surface area contributed by atoms with E-state index in [0.29, 0.717) is 0 Å². The summed E-state index contributed by atoms with van der Waals surface area (Å²) in [6, 6.07) is 2.86. The average molecular weight is 355 g/mol. The van der Waals surface area contributed by atoms with E-state index in [1.807, 2.05) is 0 Å². The highest BCUT2D eigenvalue weighted by atomic mass is 32.2. The maximum absolute atomic E-state index is 11.9. The lowest BCUT2D eigenvalue weighted by molar-refractivity contribution is -0.174. The second kappa shape index (κ2) is 6.96. The molecule has 0 saturated heterocycles. The number of carboxylic acid groups (broad SMARTS) is 1. The summed E-state index contributed by atoms with van der Waals surface area (Å²) in [5, 5.41) is 11.0. The van der Waals surface area contributed by atoms with E-state index in [1.54, 1.807) is 0 Å². The fourth-order valence-corrected chi connectivity index (χ4v) is 2.15. The van der Waals surface area contributed by atoms with E-state index in [4.69, 9.17) is 5.11 Å². The van der Waals surface area contributed by atoms with Crippen LogP contribution in [0.5, 0.6) is 0 Å². The molecule has 1 rings (SSSR count). The van der Waals surface area contributed by atoms with Crippen LogP contribution in [0, 0.1) is 0 Å². The minimum absolute atomic E-state index is 0.189. The zero-order chi connectivity index (χ0) is 17.8. The molecule has 0 heterocycles. The molecule has 0 spiro atoms. The summed E-state index contributed by atoms with van der Waals surface area (Å²) in [5.74, 6) is -2.42. The number of rotatable bonds is 6. The second-order valence-electron chi connectivity index (χ2n) is 4.48. The van der Waals surface area contributed by atoms with Crippen molar-refractivity contribution in [1.82, 2.24) is 0 Å². The quantitative estimate of drug-likeness (QED) is 0.796. The van der Waals surface area contributed by atoms with Gasteiger partial charge in [-0.3, -0.25) is 4.79 Å². The van der Waals surface area contributed by atoms with E-state index in [9.17, 15) is 31.2 Å². The Kier molecular flexibility index (Phi) is 5.72. The standard InChI is InChI=1S/C12H12F3NO6S/c1-23(20,21)9-3-7(11(18)19)2-8(4-9)16-10(17)5-22-6-12(13,14)15/h2-4H,5-6H2,1H3,(H,16,17)(H,18,19). The monoisotopic (exact) mass is 355 g/mol. The first kappa shape index (κ1) is 18.9. The Morgan fingerprint density at radius 1 is 1.26 bits per heavy atom. The number of carboxylic acids is 1. The molecule has 1 aromatic carbocycles. The molecule has 0 aliphatic carbocycles. The van der Waals surface area contributed by atoms with Crippen LogP contribution >= 0.6 is 0 Å². The molecule has 128 valence electrons. The molecule has 1 aromatic rings. The topological polar surface area (TPSA) is 110 Å². The molecule has 0 unspecified atom stereocenters. The highest BCUT2D eigenvalue weighted by molar-refractivity contribution is 7.90. The molecule has 0 saturated carbocycles. The molecule has 0 aliphatic rings. The van der Waals surface area contributed by atoms with Gasteiger partial charge in [0, 0.05) is 11.9 Å². The van der Waals surface area contributed by atoms with E-state index in [0.717, 1.165) is 24.5 Å². The van der Waals surface area contributed by atoms with Gasteiger partial charge in [-0.2, -0.15) is 13.2 Å². The highest BCUT2D eigenvalue weighted by Crippen LogP contribution is 2.19. The number of carbonyl (C=O) groups is 2. The second-order valence-corrected chi connectivity index (χ2v) is 6.50. The predicted molar refractivity (Wildman–Crippen MR) is 72.0 cm³/mol. The minimum Gasteiger partial charge on any atom is -0.478 e. The van der Waals surface area contributed by atoms with Gasteiger partial charge in [-0.25, -0.2) is 13.2 Å². The number of carbonyl (C=O) groups excluding carboxylic acids is 1. The van der Waals surface area contributed by atoms with Crippen molar-refractivity contribution in [3.8, 4) is 0 Å². The van der Waals surface area contributed by atoms with Crippen LogP contribution in [0.1, 0.15) is 10.4 Å². The van der Waals surface area contributed by atoms with E-state index >= 15 is 0 Å². The molecular weight excluding hydrogens is 343 g/mol. The largest absolute Gasteiger partial charge is 0.478 e. The summed E-state index contributed by atoms with van der Waals surface area (Å²) < 4.78 is 62.7. The molecular formula is C12H12F3NO6S. The molecule has 0 aliphatic heterocycles. The molecule has 7 nitrogen and oxygen atoms in total. The predicted octanol–water partition coefficient (Wildman–Crippen LogP) is 1.31. The summed E-state index contributed by atoms with van der Waals surface area (Å²) in [6.45, 7) is -2.55. The van der Waals surface area contributed by atoms with Gasteiger partial charge in [0.2, 0.25) is 5.91 Å². The number of sulfone groups is 1. The van der Waals surface area contributed by atoms with Gasteiger partial charge in [0.05, 0.1) is 10.5 Å². The van der Waals surface area contributed by atoms with Gasteiger partial charge in [0.1, 0.15) is 13.2 Å². The Bertz CT molecular complexity index is 714. The number of anilines is 1. The van der Waals surface area contributed by atoms with Gasteiger partial charge >= 0.3 is 12.1 Å². The van der Waals surface area contributed by atoms with Crippen molar-refractivity contribution < 1.29 is 41.0 Å². The van der Waals surface area contributed by atoms with Gasteiger partial charge in [0.15, 0.2) is 9.84 Å². The lowest BCUT2D eigenvalue weighted by Crippen LogP contribution is -2.24. The summed E-state index contributed by atoms with van der Waals surface area (Å²) in [7, 11) is -3.75. The van der Waals surface area contributed by atoms with Gasteiger partial charge in [0.25, 0.3) is 0 Å². The van der Waals surface area contributed by atoms with Crippen LogP contribution in [0.4, 0.5) is 18.9 Å². The number of hydrogen-bond acceptors (Lipinski definition) is 5. The van der Waals surface area contributed by atoms with Crippen molar-refractivity contribution in [2.45, 2.75) is 11.1 Å². The van der Waals surface area contributed by atoms with Crippen LogP contribution < -0.4 is 5.32 Å². The zero-order valence-corrected chi connectivity index (χ0v) is 12.5. The maximum Gasteiger partial charge on any atom is 0.411 e. The smallest absolute Gasteiger partial charge is 0.411 e. The first-order chi connectivity index (χ1) is 10.4. The molecule has 11 heteroatoms. The van der Waals surface area contributed by atoms with Crippen molar-refractivity contribution in [2.24, 2.45) is 0 Å². The van der Waals surface area contributed by atoms with E-state index in [2.05, 4.69) is 10.1 Å². The number of benzene rings is 1. The molecule has 0 bridgehead atoms. The van der Waals surface area contributed by atoms with Crippen LogP contribution in [0.2, 0.25) is 0 Å². The molecule has 1 amide bonds. The van der Waals surface area contributed by atoms with Crippen LogP contribution in [0.3, 0.4) is 0 Å². The van der Waals surface area contributed by atoms with Crippen molar-refractivity contribution in [3.05, 3.63) is 23.8 Å². The van der Waals surface area contributed by atoms with Gasteiger partial charge in [-0.15, -0.1) is 0 Å². The minimum atomic E-state index is -4.59. The maximum atomic E-state index is 11.9. The Morgan fingerprint density at radius 3 is 2.35 bits per heavy atom. The van der Waals surface area contributed by atoms with Crippen molar-refractivity contribution in [1.29, 1.82) is 0 Å². The van der Waals surface area contributed by atoms with Crippen LogP contribution in [0.25, 0.3) is 0 Å².